The number of hydrogen-bond donors (Lipinski definition) is 0. The zero-order valence-electron chi connectivity index (χ0n) is 12.6. The van der Waals surface area contributed by atoms with Crippen molar-refractivity contribution in [3.8, 4) is 0 Å². The molecule has 1 nitrogen and oxygen atoms in total. The maximum atomic E-state index is 12.0. The lowest BCUT2D eigenvalue weighted by Gasteiger charge is -2.63. The van der Waals surface area contributed by atoms with E-state index in [1.807, 2.05) is 0 Å². The van der Waals surface area contributed by atoms with Crippen LogP contribution in [0.25, 0.3) is 0 Å². The van der Waals surface area contributed by atoms with Gasteiger partial charge in [-0.1, -0.05) is 26.7 Å². The molecule has 4 fully saturated rings. The van der Waals surface area contributed by atoms with Crippen LogP contribution >= 0.6 is 0 Å². The predicted octanol–water partition coefficient (Wildman–Crippen LogP) is 4.60. The van der Waals surface area contributed by atoms with Gasteiger partial charge in [-0.05, 0) is 67.6 Å². The third-order valence-corrected chi connectivity index (χ3v) is 8.02. The van der Waals surface area contributed by atoms with Crippen molar-refractivity contribution in [1.29, 1.82) is 0 Å². The van der Waals surface area contributed by atoms with Gasteiger partial charge >= 0.3 is 0 Å². The number of fused-ring (bicyclic) bond motifs is 5. The van der Waals surface area contributed by atoms with E-state index in [9.17, 15) is 4.79 Å². The first-order valence-corrected chi connectivity index (χ1v) is 8.59. The first kappa shape index (κ1) is 12.4. The highest BCUT2D eigenvalue weighted by atomic mass is 16.1. The van der Waals surface area contributed by atoms with Crippen LogP contribution in [0.2, 0.25) is 0 Å². The lowest BCUT2D eigenvalue weighted by Crippen LogP contribution is -2.60. The Kier molecular flexibility index (Phi) is 2.52. The smallest absolute Gasteiger partial charge is 0.139 e. The summed E-state index contributed by atoms with van der Waals surface area (Å²) in [4.78, 5) is 12.0. The molecule has 0 aliphatic heterocycles. The molecule has 0 radical (unpaired) electrons. The van der Waals surface area contributed by atoms with Crippen molar-refractivity contribution in [3.63, 3.8) is 0 Å². The molecular weight excluding hydrogens is 232 g/mol. The molecule has 0 N–H and O–H groups in total. The quantitative estimate of drug-likeness (QED) is 0.622. The van der Waals surface area contributed by atoms with Gasteiger partial charge in [0.15, 0.2) is 0 Å². The summed E-state index contributed by atoms with van der Waals surface area (Å²) in [6, 6.07) is 0. The molecule has 4 aliphatic rings. The zero-order valence-corrected chi connectivity index (χ0v) is 12.6. The average molecular weight is 260 g/mol. The molecule has 0 heterocycles. The van der Waals surface area contributed by atoms with Crippen LogP contribution in [0.4, 0.5) is 0 Å². The summed E-state index contributed by atoms with van der Waals surface area (Å²) in [5, 5.41) is 0. The Morgan fingerprint density at radius 1 is 0.947 bits per heavy atom. The van der Waals surface area contributed by atoms with E-state index in [0.29, 0.717) is 11.2 Å². The number of ketones is 1. The summed E-state index contributed by atoms with van der Waals surface area (Å²) in [6.07, 6.45) is 12.2. The fraction of sp³-hybridized carbons (Fsp3) is 0.944. The molecule has 0 aromatic carbocycles. The minimum atomic E-state index is 0.0963. The summed E-state index contributed by atoms with van der Waals surface area (Å²) in [5.41, 5.74) is 0.722. The van der Waals surface area contributed by atoms with Crippen LogP contribution in [-0.4, -0.2) is 5.78 Å². The van der Waals surface area contributed by atoms with Gasteiger partial charge in [0.25, 0.3) is 0 Å². The summed E-state index contributed by atoms with van der Waals surface area (Å²) in [7, 11) is 0. The van der Waals surface area contributed by atoms with E-state index >= 15 is 0 Å². The van der Waals surface area contributed by atoms with Crippen LogP contribution in [0.3, 0.4) is 0 Å². The first-order valence-electron chi connectivity index (χ1n) is 8.59. The Morgan fingerprint density at radius 2 is 1.79 bits per heavy atom. The lowest BCUT2D eigenvalue weighted by molar-refractivity contribution is -0.172. The molecule has 0 saturated heterocycles. The average Bonchev–Trinajstić information content (AvgIpc) is 2.40. The van der Waals surface area contributed by atoms with Gasteiger partial charge < -0.3 is 0 Å². The van der Waals surface area contributed by atoms with Gasteiger partial charge in [-0.15, -0.1) is 0 Å². The van der Waals surface area contributed by atoms with E-state index in [2.05, 4.69) is 13.8 Å². The van der Waals surface area contributed by atoms with E-state index in [4.69, 9.17) is 0 Å². The van der Waals surface area contributed by atoms with Gasteiger partial charge in [-0.3, -0.25) is 4.79 Å². The summed E-state index contributed by atoms with van der Waals surface area (Å²) >= 11 is 0. The summed E-state index contributed by atoms with van der Waals surface area (Å²) in [6.45, 7) is 4.88. The Labute approximate surface area is 117 Å². The Balaban J connectivity index is 1.64. The molecule has 106 valence electrons. The molecule has 4 aliphatic carbocycles. The fourth-order valence-electron chi connectivity index (χ4n) is 6.64. The van der Waals surface area contributed by atoms with Crippen molar-refractivity contribution in [3.05, 3.63) is 0 Å². The molecule has 6 atom stereocenters. The van der Waals surface area contributed by atoms with Crippen molar-refractivity contribution in [2.24, 2.45) is 34.5 Å². The van der Waals surface area contributed by atoms with Crippen LogP contribution in [-0.2, 0) is 4.79 Å². The van der Waals surface area contributed by atoms with Crippen molar-refractivity contribution < 1.29 is 4.79 Å². The normalized spacial score (nSPS) is 56.6. The highest BCUT2D eigenvalue weighted by molar-refractivity contribution is 5.91. The highest BCUT2D eigenvalue weighted by Gasteiger charge is 2.62. The molecule has 0 aromatic heterocycles. The number of Topliss-reactive ketones (excluding diaryl/α,β-unsaturated/α-hetero) is 1. The number of rotatable bonds is 0. The van der Waals surface area contributed by atoms with E-state index in [1.165, 1.54) is 51.4 Å². The number of carbonyl (C=O) groups is 1. The Bertz CT molecular complexity index is 414. The van der Waals surface area contributed by atoms with E-state index in [-0.39, 0.29) is 5.41 Å². The SMILES string of the molecule is C[C@]12CCCC[C@@H]1CC[C@@H]1[C@@H]2CC[C@]2(C)C(=O)C[C@@H]12. The maximum Gasteiger partial charge on any atom is 0.139 e. The second kappa shape index (κ2) is 3.86. The second-order valence-corrected chi connectivity index (χ2v) is 8.49. The molecule has 0 unspecified atom stereocenters. The molecule has 1 heteroatoms. The Hall–Kier alpha value is -0.330. The van der Waals surface area contributed by atoms with Gasteiger partial charge in [0.1, 0.15) is 5.78 Å². The van der Waals surface area contributed by atoms with Crippen molar-refractivity contribution in [2.75, 3.05) is 0 Å². The van der Waals surface area contributed by atoms with E-state index in [0.717, 1.165) is 30.1 Å². The minimum Gasteiger partial charge on any atom is -0.299 e. The first-order chi connectivity index (χ1) is 9.06. The molecule has 4 saturated carbocycles. The van der Waals surface area contributed by atoms with E-state index < -0.39 is 0 Å². The van der Waals surface area contributed by atoms with Crippen LogP contribution in [0.5, 0.6) is 0 Å². The topological polar surface area (TPSA) is 17.1 Å². The van der Waals surface area contributed by atoms with Crippen LogP contribution in [0.15, 0.2) is 0 Å². The molecule has 0 aromatic rings. The minimum absolute atomic E-state index is 0.0963. The standard InChI is InChI=1S/C18H28O/c1-17-9-4-3-5-12(17)6-7-13-14(17)8-10-18(2)15(13)11-16(18)19/h12-15H,3-11H2,1-2H3/t12-,13-,14+,15+,17+,18+/m1/s1. The molecule has 0 amide bonds. The second-order valence-electron chi connectivity index (χ2n) is 8.49. The third kappa shape index (κ3) is 1.45. The van der Waals surface area contributed by atoms with Crippen molar-refractivity contribution in [2.45, 2.75) is 71.6 Å². The highest BCUT2D eigenvalue weighted by Crippen LogP contribution is 2.66. The van der Waals surface area contributed by atoms with Crippen LogP contribution < -0.4 is 0 Å². The van der Waals surface area contributed by atoms with Crippen molar-refractivity contribution >= 4 is 5.78 Å². The van der Waals surface area contributed by atoms with Gasteiger partial charge in [0.2, 0.25) is 0 Å². The third-order valence-electron chi connectivity index (χ3n) is 8.02. The molecule has 0 spiro atoms. The van der Waals surface area contributed by atoms with Gasteiger partial charge in [-0.2, -0.15) is 0 Å². The van der Waals surface area contributed by atoms with Crippen LogP contribution in [0, 0.1) is 34.5 Å². The van der Waals surface area contributed by atoms with Gasteiger partial charge in [0.05, 0.1) is 0 Å². The maximum absolute atomic E-state index is 12.0. The lowest BCUT2D eigenvalue weighted by atomic mass is 9.40. The molecule has 4 rings (SSSR count). The van der Waals surface area contributed by atoms with E-state index in [1.54, 1.807) is 0 Å². The summed E-state index contributed by atoms with van der Waals surface area (Å²) in [5.74, 6) is 4.15. The van der Waals surface area contributed by atoms with Crippen LogP contribution in [0.1, 0.15) is 71.6 Å². The fourth-order valence-corrected chi connectivity index (χ4v) is 6.64. The largest absolute Gasteiger partial charge is 0.299 e. The summed E-state index contributed by atoms with van der Waals surface area (Å²) < 4.78 is 0. The number of hydrogen-bond acceptors (Lipinski definition) is 1. The Morgan fingerprint density at radius 3 is 2.58 bits per heavy atom. The van der Waals surface area contributed by atoms with Crippen molar-refractivity contribution in [1.82, 2.24) is 0 Å². The zero-order chi connectivity index (χ0) is 13.3. The van der Waals surface area contributed by atoms with Gasteiger partial charge in [-0.25, -0.2) is 0 Å². The molecule has 0 bridgehead atoms. The monoisotopic (exact) mass is 260 g/mol. The molecular formula is C18H28O. The van der Waals surface area contributed by atoms with Gasteiger partial charge in [0, 0.05) is 11.8 Å². The number of carbonyl (C=O) groups excluding carboxylic acids is 1. The predicted molar refractivity (Wildman–Crippen MR) is 76.7 cm³/mol. The molecule has 19 heavy (non-hydrogen) atoms.